The standard InChI is InChI=1S/C19H28N2/c1-3-4-8-13-19(16-20)14-9-10-15-21(19)17(2)18-11-6-5-7-12-18/h5-7,11-12,17H,3-4,8-10,13-15H2,1-2H3/t17-,19?/m0/s1. The van der Waals surface area contributed by atoms with Crippen LogP contribution < -0.4 is 0 Å². The topological polar surface area (TPSA) is 27.0 Å². The lowest BCUT2D eigenvalue weighted by atomic mass is 9.81. The third kappa shape index (κ3) is 3.66. The molecule has 0 aliphatic carbocycles. The summed E-state index contributed by atoms with van der Waals surface area (Å²) in [5.74, 6) is 0. The Bertz CT molecular complexity index is 462. The minimum Gasteiger partial charge on any atom is -0.279 e. The third-order valence-electron chi connectivity index (χ3n) is 4.94. The maximum atomic E-state index is 9.92. The Morgan fingerprint density at radius 1 is 1.24 bits per heavy atom. The van der Waals surface area contributed by atoms with Crippen LogP contribution in [0.25, 0.3) is 0 Å². The molecular weight excluding hydrogens is 256 g/mol. The molecule has 2 heteroatoms. The number of hydrogen-bond acceptors (Lipinski definition) is 2. The Hall–Kier alpha value is -1.33. The van der Waals surface area contributed by atoms with Crippen molar-refractivity contribution >= 4 is 0 Å². The highest BCUT2D eigenvalue weighted by Crippen LogP contribution is 2.38. The van der Waals surface area contributed by atoms with E-state index in [1.54, 1.807) is 0 Å². The van der Waals surface area contributed by atoms with Crippen LogP contribution in [0.2, 0.25) is 0 Å². The Kier molecular flexibility index (Phi) is 5.82. The first-order chi connectivity index (χ1) is 10.2. The molecule has 0 saturated carbocycles. The third-order valence-corrected chi connectivity index (χ3v) is 4.94. The van der Waals surface area contributed by atoms with Crippen LogP contribution in [0, 0.1) is 11.3 Å². The summed E-state index contributed by atoms with van der Waals surface area (Å²) in [6.45, 7) is 5.53. The normalized spacial score (nSPS) is 24.4. The van der Waals surface area contributed by atoms with Gasteiger partial charge in [-0.15, -0.1) is 0 Å². The van der Waals surface area contributed by atoms with E-state index in [1.165, 1.54) is 37.7 Å². The molecule has 0 spiro atoms. The molecule has 1 heterocycles. The van der Waals surface area contributed by atoms with E-state index in [2.05, 4.69) is 55.1 Å². The lowest BCUT2D eigenvalue weighted by molar-refractivity contribution is 0.0445. The van der Waals surface area contributed by atoms with Gasteiger partial charge in [-0.05, 0) is 38.2 Å². The lowest BCUT2D eigenvalue weighted by Gasteiger charge is -2.46. The first-order valence-electron chi connectivity index (χ1n) is 8.46. The van der Waals surface area contributed by atoms with E-state index in [-0.39, 0.29) is 5.54 Å². The van der Waals surface area contributed by atoms with Crippen molar-refractivity contribution < 1.29 is 0 Å². The summed E-state index contributed by atoms with van der Waals surface area (Å²) in [6, 6.07) is 13.7. The van der Waals surface area contributed by atoms with Gasteiger partial charge in [0.05, 0.1) is 6.07 Å². The van der Waals surface area contributed by atoms with E-state index in [0.29, 0.717) is 6.04 Å². The van der Waals surface area contributed by atoms with Crippen molar-refractivity contribution in [3.8, 4) is 6.07 Å². The van der Waals surface area contributed by atoms with Gasteiger partial charge in [0.2, 0.25) is 0 Å². The summed E-state index contributed by atoms with van der Waals surface area (Å²) >= 11 is 0. The lowest BCUT2D eigenvalue weighted by Crippen LogP contribution is -2.51. The number of hydrogen-bond donors (Lipinski definition) is 0. The average molecular weight is 284 g/mol. The van der Waals surface area contributed by atoms with Crippen molar-refractivity contribution in [3.63, 3.8) is 0 Å². The second kappa shape index (κ2) is 7.61. The summed E-state index contributed by atoms with van der Waals surface area (Å²) in [7, 11) is 0. The van der Waals surface area contributed by atoms with E-state index in [0.717, 1.165) is 19.4 Å². The van der Waals surface area contributed by atoms with Crippen LogP contribution in [0.4, 0.5) is 0 Å². The van der Waals surface area contributed by atoms with Crippen LogP contribution in [-0.4, -0.2) is 17.0 Å². The monoisotopic (exact) mass is 284 g/mol. The number of nitrogens with zero attached hydrogens (tertiary/aromatic N) is 2. The van der Waals surface area contributed by atoms with Crippen molar-refractivity contribution in [2.24, 2.45) is 0 Å². The van der Waals surface area contributed by atoms with Crippen molar-refractivity contribution in [1.29, 1.82) is 5.26 Å². The molecule has 0 radical (unpaired) electrons. The second-order valence-electron chi connectivity index (χ2n) is 6.34. The number of nitriles is 1. The first kappa shape index (κ1) is 16.0. The molecule has 1 aliphatic rings. The molecule has 114 valence electrons. The van der Waals surface area contributed by atoms with Crippen LogP contribution in [0.3, 0.4) is 0 Å². The minimum absolute atomic E-state index is 0.247. The van der Waals surface area contributed by atoms with Crippen LogP contribution in [-0.2, 0) is 0 Å². The number of benzene rings is 1. The molecule has 21 heavy (non-hydrogen) atoms. The quantitative estimate of drug-likeness (QED) is 0.681. The molecule has 0 amide bonds. The molecule has 0 bridgehead atoms. The van der Waals surface area contributed by atoms with Gasteiger partial charge in [-0.3, -0.25) is 4.90 Å². The maximum absolute atomic E-state index is 9.92. The Morgan fingerprint density at radius 3 is 2.67 bits per heavy atom. The Balaban J connectivity index is 2.19. The molecule has 1 aromatic rings. The molecule has 0 aromatic heterocycles. The number of piperidine rings is 1. The highest BCUT2D eigenvalue weighted by molar-refractivity contribution is 5.21. The summed E-state index contributed by atoms with van der Waals surface area (Å²) in [6.07, 6.45) is 8.08. The van der Waals surface area contributed by atoms with E-state index in [4.69, 9.17) is 0 Å². The van der Waals surface area contributed by atoms with Gasteiger partial charge in [-0.25, -0.2) is 0 Å². The maximum Gasteiger partial charge on any atom is 0.109 e. The summed E-state index contributed by atoms with van der Waals surface area (Å²) < 4.78 is 0. The molecule has 1 aromatic carbocycles. The van der Waals surface area contributed by atoms with E-state index in [1.807, 2.05) is 0 Å². The fourth-order valence-electron chi connectivity index (χ4n) is 3.65. The smallest absolute Gasteiger partial charge is 0.109 e. The second-order valence-corrected chi connectivity index (χ2v) is 6.34. The molecule has 1 fully saturated rings. The van der Waals surface area contributed by atoms with Gasteiger partial charge in [0, 0.05) is 12.6 Å². The van der Waals surface area contributed by atoms with E-state index >= 15 is 0 Å². The average Bonchev–Trinajstić information content (AvgIpc) is 2.55. The summed E-state index contributed by atoms with van der Waals surface area (Å²) in [4.78, 5) is 2.47. The zero-order chi connectivity index (χ0) is 15.1. The fourth-order valence-corrected chi connectivity index (χ4v) is 3.65. The van der Waals surface area contributed by atoms with Crippen LogP contribution in [0.5, 0.6) is 0 Å². The summed E-state index contributed by atoms with van der Waals surface area (Å²) in [5.41, 5.74) is 1.08. The predicted molar refractivity (Wildman–Crippen MR) is 87.9 cm³/mol. The highest BCUT2D eigenvalue weighted by Gasteiger charge is 2.41. The van der Waals surface area contributed by atoms with Crippen molar-refractivity contribution in [2.75, 3.05) is 6.54 Å². The van der Waals surface area contributed by atoms with E-state index in [9.17, 15) is 5.26 Å². The zero-order valence-electron chi connectivity index (χ0n) is 13.5. The first-order valence-corrected chi connectivity index (χ1v) is 8.46. The zero-order valence-corrected chi connectivity index (χ0v) is 13.5. The molecule has 1 aliphatic heterocycles. The molecule has 2 rings (SSSR count). The van der Waals surface area contributed by atoms with Crippen molar-refractivity contribution in [1.82, 2.24) is 4.90 Å². The Morgan fingerprint density at radius 2 is 2.00 bits per heavy atom. The van der Waals surface area contributed by atoms with Gasteiger partial charge in [0.15, 0.2) is 0 Å². The van der Waals surface area contributed by atoms with Gasteiger partial charge >= 0.3 is 0 Å². The minimum atomic E-state index is -0.247. The van der Waals surface area contributed by atoms with Crippen LogP contribution in [0.15, 0.2) is 30.3 Å². The van der Waals surface area contributed by atoms with Gasteiger partial charge < -0.3 is 0 Å². The SMILES string of the molecule is CCCCCC1(C#N)CCCCN1[C@@H](C)c1ccccc1. The number of unbranched alkanes of at least 4 members (excludes halogenated alkanes) is 2. The van der Waals surface area contributed by atoms with Gasteiger partial charge in [0.1, 0.15) is 5.54 Å². The van der Waals surface area contributed by atoms with Gasteiger partial charge in [-0.2, -0.15) is 5.26 Å². The molecule has 0 N–H and O–H groups in total. The number of likely N-dealkylation sites (tertiary alicyclic amines) is 1. The molecule has 2 atom stereocenters. The molecule has 1 saturated heterocycles. The van der Waals surface area contributed by atoms with Crippen molar-refractivity contribution in [2.45, 2.75) is 70.4 Å². The molecular formula is C19H28N2. The van der Waals surface area contributed by atoms with Crippen LogP contribution >= 0.6 is 0 Å². The van der Waals surface area contributed by atoms with Gasteiger partial charge in [0.25, 0.3) is 0 Å². The largest absolute Gasteiger partial charge is 0.279 e. The fraction of sp³-hybridized carbons (Fsp3) is 0.632. The van der Waals surface area contributed by atoms with E-state index < -0.39 is 0 Å². The number of rotatable bonds is 6. The van der Waals surface area contributed by atoms with Crippen LogP contribution in [0.1, 0.15) is 70.4 Å². The molecule has 1 unspecified atom stereocenters. The highest BCUT2D eigenvalue weighted by atomic mass is 15.2. The predicted octanol–water partition coefficient (Wildman–Crippen LogP) is 5.08. The molecule has 2 nitrogen and oxygen atoms in total. The van der Waals surface area contributed by atoms with Crippen molar-refractivity contribution in [3.05, 3.63) is 35.9 Å². The van der Waals surface area contributed by atoms with Gasteiger partial charge in [-0.1, -0.05) is 56.5 Å². The Labute approximate surface area is 129 Å². The summed E-state index contributed by atoms with van der Waals surface area (Å²) in [5, 5.41) is 9.92.